The van der Waals surface area contributed by atoms with Gasteiger partial charge in [0.15, 0.2) is 0 Å². The number of hydrogen-bond donors (Lipinski definition) is 2. The van der Waals surface area contributed by atoms with Gasteiger partial charge in [0, 0.05) is 0 Å². The van der Waals surface area contributed by atoms with Gasteiger partial charge in [-0.2, -0.15) is 0 Å². The van der Waals surface area contributed by atoms with Crippen LogP contribution in [0.15, 0.2) is 12.7 Å². The first-order valence-corrected chi connectivity index (χ1v) is 4.07. The second kappa shape index (κ2) is 4.88. The fourth-order valence-corrected chi connectivity index (χ4v) is 0.782. The summed E-state index contributed by atoms with van der Waals surface area (Å²) in [5.74, 6) is -2.09. The molecule has 0 aliphatic heterocycles. The minimum Gasteiger partial charge on any atom is -0.459 e. The first-order valence-electron chi connectivity index (χ1n) is 4.07. The van der Waals surface area contributed by atoms with E-state index in [4.69, 9.17) is 5.11 Å². The van der Waals surface area contributed by atoms with Crippen LogP contribution < -0.4 is 0 Å². The Bertz CT molecular complexity index is 242. The summed E-state index contributed by atoms with van der Waals surface area (Å²) in [6.07, 6.45) is -0.109. The van der Waals surface area contributed by atoms with E-state index < -0.39 is 23.5 Å². The molecule has 5 nitrogen and oxygen atoms in total. The molecule has 2 unspecified atom stereocenters. The molecule has 0 aliphatic rings. The van der Waals surface area contributed by atoms with E-state index in [0.29, 0.717) is 0 Å². The van der Waals surface area contributed by atoms with E-state index in [-0.39, 0.29) is 6.61 Å². The zero-order valence-electron chi connectivity index (χ0n) is 8.19. The highest BCUT2D eigenvalue weighted by Gasteiger charge is 2.42. The summed E-state index contributed by atoms with van der Waals surface area (Å²) in [5, 5.41) is 18.3. The van der Waals surface area contributed by atoms with Gasteiger partial charge in [-0.3, -0.25) is 4.79 Å². The Morgan fingerprint density at radius 2 is 2.14 bits per heavy atom. The van der Waals surface area contributed by atoms with Gasteiger partial charge in [0.25, 0.3) is 0 Å². The smallest absolute Gasteiger partial charge is 0.346 e. The predicted molar refractivity (Wildman–Crippen MR) is 48.5 cm³/mol. The molecular weight excluding hydrogens is 188 g/mol. The fourth-order valence-electron chi connectivity index (χ4n) is 0.782. The highest BCUT2D eigenvalue weighted by atomic mass is 16.5. The molecule has 80 valence electrons. The largest absolute Gasteiger partial charge is 0.459 e. The Morgan fingerprint density at radius 3 is 2.50 bits per heavy atom. The highest BCUT2D eigenvalue weighted by molar-refractivity contribution is 6.08. The number of ketones is 1. The molecule has 14 heavy (non-hydrogen) atoms. The molecule has 0 amide bonds. The molecule has 0 rings (SSSR count). The van der Waals surface area contributed by atoms with Crippen LogP contribution in [0, 0.1) is 0 Å². The first-order chi connectivity index (χ1) is 6.34. The van der Waals surface area contributed by atoms with Crippen molar-refractivity contribution in [2.45, 2.75) is 25.6 Å². The summed E-state index contributed by atoms with van der Waals surface area (Å²) >= 11 is 0. The van der Waals surface area contributed by atoms with Gasteiger partial charge in [-0.05, 0) is 13.8 Å². The summed E-state index contributed by atoms with van der Waals surface area (Å²) in [6, 6.07) is 0. The third-order valence-corrected chi connectivity index (χ3v) is 1.59. The molecule has 0 spiro atoms. The monoisotopic (exact) mass is 202 g/mol. The van der Waals surface area contributed by atoms with Gasteiger partial charge in [-0.15, -0.1) is 0 Å². The van der Waals surface area contributed by atoms with Gasteiger partial charge < -0.3 is 14.9 Å². The number of Topliss-reactive ketones (excluding diaryl/α,β-unsaturated/α-hetero) is 1. The summed E-state index contributed by atoms with van der Waals surface area (Å²) in [6.45, 7) is 5.35. The topological polar surface area (TPSA) is 83.8 Å². The lowest BCUT2D eigenvalue weighted by atomic mass is 9.98. The zero-order chi connectivity index (χ0) is 11.4. The average Bonchev–Trinajstić information content (AvgIpc) is 2.12. The van der Waals surface area contributed by atoms with E-state index in [0.717, 1.165) is 13.8 Å². The Kier molecular flexibility index (Phi) is 4.46. The van der Waals surface area contributed by atoms with Crippen molar-refractivity contribution in [2.24, 2.45) is 0 Å². The summed E-state index contributed by atoms with van der Waals surface area (Å²) in [4.78, 5) is 22.3. The zero-order valence-corrected chi connectivity index (χ0v) is 8.19. The normalized spacial score (nSPS) is 16.6. The van der Waals surface area contributed by atoms with Crippen molar-refractivity contribution in [3.8, 4) is 0 Å². The molecule has 0 radical (unpaired) electrons. The van der Waals surface area contributed by atoms with Crippen LogP contribution in [0.25, 0.3) is 0 Å². The summed E-state index contributed by atoms with van der Waals surface area (Å²) < 4.78 is 4.49. The van der Waals surface area contributed by atoms with E-state index in [1.165, 1.54) is 6.08 Å². The maximum absolute atomic E-state index is 11.1. The van der Waals surface area contributed by atoms with Crippen molar-refractivity contribution < 1.29 is 24.5 Å². The maximum Gasteiger partial charge on any atom is 0.346 e. The SMILES string of the molecule is C=CCOC(=O)C(C)(O)C(=O)C(C)O. The van der Waals surface area contributed by atoms with Crippen molar-refractivity contribution in [3.63, 3.8) is 0 Å². The Labute approximate surface area is 82.0 Å². The molecule has 2 N–H and O–H groups in total. The van der Waals surface area contributed by atoms with Crippen molar-refractivity contribution in [1.29, 1.82) is 0 Å². The van der Waals surface area contributed by atoms with Gasteiger partial charge in [0.05, 0.1) is 0 Å². The van der Waals surface area contributed by atoms with Gasteiger partial charge in [-0.1, -0.05) is 12.7 Å². The molecule has 0 bridgehead atoms. The molecule has 0 aromatic rings. The lowest BCUT2D eigenvalue weighted by Crippen LogP contribution is -2.49. The third-order valence-electron chi connectivity index (χ3n) is 1.59. The number of carbonyl (C=O) groups excluding carboxylic acids is 2. The summed E-state index contributed by atoms with van der Waals surface area (Å²) in [7, 11) is 0. The van der Waals surface area contributed by atoms with E-state index in [9.17, 15) is 14.7 Å². The molecule has 5 heteroatoms. The number of aliphatic hydroxyl groups is 2. The lowest BCUT2D eigenvalue weighted by Gasteiger charge is -2.20. The molecular formula is C9H14O5. The van der Waals surface area contributed by atoms with Gasteiger partial charge >= 0.3 is 5.97 Å². The van der Waals surface area contributed by atoms with Crippen molar-refractivity contribution in [1.82, 2.24) is 0 Å². The quantitative estimate of drug-likeness (QED) is 0.354. The van der Waals surface area contributed by atoms with Crippen LogP contribution >= 0.6 is 0 Å². The Morgan fingerprint density at radius 1 is 1.64 bits per heavy atom. The van der Waals surface area contributed by atoms with Crippen molar-refractivity contribution >= 4 is 11.8 Å². The Hall–Kier alpha value is -1.20. The standard InChI is InChI=1S/C9H14O5/c1-4-5-14-8(12)9(3,13)7(11)6(2)10/h4,6,10,13H,1,5H2,2-3H3. The van der Waals surface area contributed by atoms with Crippen LogP contribution in [0.2, 0.25) is 0 Å². The van der Waals surface area contributed by atoms with Crippen LogP contribution in [-0.4, -0.2) is 40.3 Å². The second-order valence-electron chi connectivity index (χ2n) is 3.00. The van der Waals surface area contributed by atoms with Gasteiger partial charge in [0.2, 0.25) is 11.4 Å². The number of hydrogen-bond acceptors (Lipinski definition) is 5. The second-order valence-corrected chi connectivity index (χ2v) is 3.00. The van der Waals surface area contributed by atoms with E-state index in [2.05, 4.69) is 11.3 Å². The molecule has 0 aliphatic carbocycles. The molecule has 0 fully saturated rings. The van der Waals surface area contributed by atoms with Crippen LogP contribution in [-0.2, 0) is 14.3 Å². The molecule has 0 saturated heterocycles. The lowest BCUT2D eigenvalue weighted by molar-refractivity contribution is -0.170. The average molecular weight is 202 g/mol. The number of rotatable bonds is 5. The summed E-state index contributed by atoms with van der Waals surface area (Å²) in [5.41, 5.74) is -2.31. The number of ether oxygens (including phenoxy) is 1. The molecule has 0 aromatic heterocycles. The number of carbonyl (C=O) groups is 2. The molecule has 0 saturated carbocycles. The van der Waals surface area contributed by atoms with Crippen LogP contribution in [0.5, 0.6) is 0 Å². The van der Waals surface area contributed by atoms with Crippen molar-refractivity contribution in [3.05, 3.63) is 12.7 Å². The van der Waals surface area contributed by atoms with E-state index in [1.807, 2.05) is 0 Å². The highest BCUT2D eigenvalue weighted by Crippen LogP contribution is 2.10. The number of aliphatic hydroxyl groups excluding tert-OH is 1. The number of esters is 1. The van der Waals surface area contributed by atoms with Gasteiger partial charge in [0.1, 0.15) is 12.7 Å². The van der Waals surface area contributed by atoms with Crippen LogP contribution in [0.4, 0.5) is 0 Å². The molecule has 0 aromatic carbocycles. The third kappa shape index (κ3) is 2.93. The van der Waals surface area contributed by atoms with Crippen LogP contribution in [0.1, 0.15) is 13.8 Å². The van der Waals surface area contributed by atoms with E-state index >= 15 is 0 Å². The van der Waals surface area contributed by atoms with Crippen molar-refractivity contribution in [2.75, 3.05) is 6.61 Å². The Balaban J connectivity index is 4.52. The maximum atomic E-state index is 11.1. The first kappa shape index (κ1) is 12.8. The fraction of sp³-hybridized carbons (Fsp3) is 0.556. The minimum absolute atomic E-state index is 0.0952. The van der Waals surface area contributed by atoms with Gasteiger partial charge in [-0.25, -0.2) is 4.79 Å². The predicted octanol–water partition coefficient (Wildman–Crippen LogP) is -0.583. The molecule has 2 atom stereocenters. The molecule has 0 heterocycles. The van der Waals surface area contributed by atoms with Crippen LogP contribution in [0.3, 0.4) is 0 Å². The minimum atomic E-state index is -2.31. The van der Waals surface area contributed by atoms with E-state index in [1.54, 1.807) is 0 Å².